The highest BCUT2D eigenvalue weighted by molar-refractivity contribution is 9.12. The number of methoxy groups -OCH3 is 2. The summed E-state index contributed by atoms with van der Waals surface area (Å²) in [6.07, 6.45) is 0. The van der Waals surface area contributed by atoms with Crippen LogP contribution in [0.3, 0.4) is 0 Å². The Kier molecular flexibility index (Phi) is 4.93. The molecule has 2 atom stereocenters. The summed E-state index contributed by atoms with van der Waals surface area (Å²) in [5.41, 5.74) is 1.16. The van der Waals surface area contributed by atoms with Gasteiger partial charge in [-0.2, -0.15) is 0 Å². The number of alkyl halides is 2. The lowest BCUT2D eigenvalue weighted by atomic mass is 10.1. The molecule has 0 fully saturated rings. The van der Waals surface area contributed by atoms with Crippen molar-refractivity contribution in [3.05, 3.63) is 23.8 Å². The van der Waals surface area contributed by atoms with Crippen LogP contribution < -0.4 is 9.47 Å². The molecule has 1 rings (SSSR count). The predicted molar refractivity (Wildman–Crippen MR) is 69.6 cm³/mol. The maximum Gasteiger partial charge on any atom is 0.161 e. The molecule has 0 saturated heterocycles. The number of ether oxygens (including phenoxy) is 2. The first-order chi connectivity index (χ1) is 7.10. The number of hydrogen-bond donors (Lipinski definition) is 0. The van der Waals surface area contributed by atoms with Crippen LogP contribution in [0, 0.1) is 0 Å². The van der Waals surface area contributed by atoms with E-state index in [4.69, 9.17) is 9.47 Å². The molecule has 84 valence electrons. The van der Waals surface area contributed by atoms with Gasteiger partial charge in [0, 0.05) is 4.83 Å². The summed E-state index contributed by atoms with van der Waals surface area (Å²) in [6.45, 7) is 2.09. The second-order valence-corrected chi connectivity index (χ2v) is 5.62. The minimum Gasteiger partial charge on any atom is -0.493 e. The Morgan fingerprint density at radius 3 is 2.13 bits per heavy atom. The minimum atomic E-state index is 0.261. The SMILES string of the molecule is COc1ccc(C(Br)C(C)Br)cc1OC. The average Bonchev–Trinajstić information content (AvgIpc) is 2.26. The molecule has 0 aliphatic rings. The van der Waals surface area contributed by atoms with Crippen LogP contribution in [0.25, 0.3) is 0 Å². The Balaban J connectivity index is 3.02. The number of hydrogen-bond acceptors (Lipinski definition) is 2. The summed E-state index contributed by atoms with van der Waals surface area (Å²) in [7, 11) is 3.28. The van der Waals surface area contributed by atoms with Gasteiger partial charge in [-0.25, -0.2) is 0 Å². The maximum atomic E-state index is 5.25. The largest absolute Gasteiger partial charge is 0.493 e. The lowest BCUT2D eigenvalue weighted by molar-refractivity contribution is 0.354. The molecule has 1 aromatic rings. The first-order valence-corrected chi connectivity index (χ1v) is 6.43. The maximum absolute atomic E-state index is 5.25. The summed E-state index contributed by atoms with van der Waals surface area (Å²) in [6, 6.07) is 5.92. The summed E-state index contributed by atoms with van der Waals surface area (Å²) in [5, 5.41) is 0. The summed E-state index contributed by atoms with van der Waals surface area (Å²) in [4.78, 5) is 0.618. The van der Waals surface area contributed by atoms with Crippen LogP contribution in [0.4, 0.5) is 0 Å². The molecular weight excluding hydrogens is 324 g/mol. The van der Waals surface area contributed by atoms with E-state index in [1.165, 1.54) is 0 Å². The van der Waals surface area contributed by atoms with Gasteiger partial charge >= 0.3 is 0 Å². The highest BCUT2D eigenvalue weighted by Crippen LogP contribution is 2.36. The van der Waals surface area contributed by atoms with Crippen molar-refractivity contribution in [2.24, 2.45) is 0 Å². The summed E-state index contributed by atoms with van der Waals surface area (Å²) >= 11 is 7.16. The van der Waals surface area contributed by atoms with E-state index >= 15 is 0 Å². The summed E-state index contributed by atoms with van der Waals surface area (Å²) in [5.74, 6) is 1.51. The van der Waals surface area contributed by atoms with Gasteiger partial charge in [-0.3, -0.25) is 0 Å². The third-order valence-corrected chi connectivity index (χ3v) is 4.69. The van der Waals surface area contributed by atoms with E-state index in [1.54, 1.807) is 14.2 Å². The van der Waals surface area contributed by atoms with Gasteiger partial charge < -0.3 is 9.47 Å². The normalized spacial score (nSPS) is 14.5. The third kappa shape index (κ3) is 3.11. The van der Waals surface area contributed by atoms with Crippen molar-refractivity contribution in [2.45, 2.75) is 16.6 Å². The van der Waals surface area contributed by atoms with Gasteiger partial charge in [-0.15, -0.1) is 0 Å². The van der Waals surface area contributed by atoms with Crippen molar-refractivity contribution < 1.29 is 9.47 Å². The van der Waals surface area contributed by atoms with E-state index in [2.05, 4.69) is 38.8 Å². The molecular formula is C11H14Br2O2. The lowest BCUT2D eigenvalue weighted by Gasteiger charge is -2.15. The first kappa shape index (κ1) is 12.8. The van der Waals surface area contributed by atoms with Gasteiger partial charge in [0.1, 0.15) is 0 Å². The molecule has 15 heavy (non-hydrogen) atoms. The van der Waals surface area contributed by atoms with Gasteiger partial charge in [0.15, 0.2) is 11.5 Å². The number of benzene rings is 1. The molecule has 0 aliphatic heterocycles. The van der Waals surface area contributed by atoms with Crippen LogP contribution in [-0.4, -0.2) is 19.0 Å². The van der Waals surface area contributed by atoms with E-state index < -0.39 is 0 Å². The Labute approximate surface area is 107 Å². The average molecular weight is 338 g/mol. The van der Waals surface area contributed by atoms with Crippen LogP contribution in [0.5, 0.6) is 11.5 Å². The van der Waals surface area contributed by atoms with Gasteiger partial charge in [0.2, 0.25) is 0 Å². The molecule has 0 amide bonds. The molecule has 0 N–H and O–H groups in total. The summed E-state index contributed by atoms with van der Waals surface area (Å²) < 4.78 is 10.4. The van der Waals surface area contributed by atoms with Crippen LogP contribution >= 0.6 is 31.9 Å². The molecule has 0 bridgehead atoms. The molecule has 0 radical (unpaired) electrons. The van der Waals surface area contributed by atoms with Crippen LogP contribution in [-0.2, 0) is 0 Å². The smallest absolute Gasteiger partial charge is 0.161 e. The van der Waals surface area contributed by atoms with E-state index in [-0.39, 0.29) is 4.83 Å². The lowest BCUT2D eigenvalue weighted by Crippen LogP contribution is -2.02. The van der Waals surface area contributed by atoms with Crippen molar-refractivity contribution in [3.8, 4) is 11.5 Å². The van der Waals surface area contributed by atoms with Gasteiger partial charge in [0.05, 0.1) is 19.0 Å². The zero-order valence-electron chi connectivity index (χ0n) is 8.96. The fourth-order valence-electron chi connectivity index (χ4n) is 1.29. The molecule has 2 nitrogen and oxygen atoms in total. The van der Waals surface area contributed by atoms with Crippen molar-refractivity contribution in [1.29, 1.82) is 0 Å². The molecule has 0 aromatic heterocycles. The quantitative estimate of drug-likeness (QED) is 0.775. The van der Waals surface area contributed by atoms with Gasteiger partial charge in [-0.05, 0) is 17.7 Å². The van der Waals surface area contributed by atoms with E-state index in [0.29, 0.717) is 4.83 Å². The van der Waals surface area contributed by atoms with Crippen molar-refractivity contribution in [1.82, 2.24) is 0 Å². The number of rotatable bonds is 4. The second-order valence-electron chi connectivity index (χ2n) is 3.19. The minimum absolute atomic E-state index is 0.261. The van der Waals surface area contributed by atoms with E-state index in [9.17, 15) is 0 Å². The highest BCUT2D eigenvalue weighted by atomic mass is 79.9. The van der Waals surface area contributed by atoms with Crippen molar-refractivity contribution in [3.63, 3.8) is 0 Å². The number of halogens is 2. The third-order valence-electron chi connectivity index (χ3n) is 2.13. The zero-order valence-corrected chi connectivity index (χ0v) is 12.1. The van der Waals surface area contributed by atoms with Gasteiger partial charge in [-0.1, -0.05) is 44.8 Å². The molecule has 0 spiro atoms. The fraction of sp³-hybridized carbons (Fsp3) is 0.455. The first-order valence-electron chi connectivity index (χ1n) is 4.60. The Morgan fingerprint density at radius 2 is 1.67 bits per heavy atom. The molecule has 0 saturated carbocycles. The Bertz CT molecular complexity index is 326. The van der Waals surface area contributed by atoms with Crippen LogP contribution in [0.15, 0.2) is 18.2 Å². The molecule has 0 aliphatic carbocycles. The Hall–Kier alpha value is -0.220. The van der Waals surface area contributed by atoms with E-state index in [0.717, 1.165) is 17.1 Å². The van der Waals surface area contributed by atoms with Crippen LogP contribution in [0.2, 0.25) is 0 Å². The molecule has 4 heteroatoms. The second kappa shape index (κ2) is 5.75. The topological polar surface area (TPSA) is 18.5 Å². The van der Waals surface area contributed by atoms with Crippen molar-refractivity contribution in [2.75, 3.05) is 14.2 Å². The molecule has 1 aromatic carbocycles. The Morgan fingerprint density at radius 1 is 1.07 bits per heavy atom. The standard InChI is InChI=1S/C11H14Br2O2/c1-7(12)11(13)8-4-5-9(14-2)10(6-8)15-3/h4-7,11H,1-3H3. The van der Waals surface area contributed by atoms with E-state index in [1.807, 2.05) is 18.2 Å². The molecule has 0 heterocycles. The van der Waals surface area contributed by atoms with Crippen LogP contribution in [0.1, 0.15) is 17.3 Å². The monoisotopic (exact) mass is 336 g/mol. The van der Waals surface area contributed by atoms with Gasteiger partial charge in [0.25, 0.3) is 0 Å². The van der Waals surface area contributed by atoms with Crippen molar-refractivity contribution >= 4 is 31.9 Å². The molecule has 2 unspecified atom stereocenters. The predicted octanol–water partition coefficient (Wildman–Crippen LogP) is 3.92. The highest BCUT2D eigenvalue weighted by Gasteiger charge is 2.15. The fourth-order valence-corrected chi connectivity index (χ4v) is 1.88. The zero-order chi connectivity index (χ0) is 11.4.